The highest BCUT2D eigenvalue weighted by Crippen LogP contribution is 2.15. The van der Waals surface area contributed by atoms with Crippen LogP contribution in [0.2, 0.25) is 0 Å². The molecule has 1 heterocycles. The van der Waals surface area contributed by atoms with Gasteiger partial charge in [-0.1, -0.05) is 6.07 Å². The van der Waals surface area contributed by atoms with Gasteiger partial charge in [-0.3, -0.25) is 4.98 Å². The lowest BCUT2D eigenvalue weighted by molar-refractivity contribution is 0.420. The number of pyridine rings is 1. The molecule has 0 spiro atoms. The van der Waals surface area contributed by atoms with Crippen molar-refractivity contribution in [3.63, 3.8) is 0 Å². The molecule has 70 valence electrons. The summed E-state index contributed by atoms with van der Waals surface area (Å²) in [7, 11) is -1.71. The zero-order valence-corrected chi connectivity index (χ0v) is 7.25. The number of phenolic OH excluding ortho intramolecular Hbond substituents is 1. The van der Waals surface area contributed by atoms with E-state index >= 15 is 0 Å². The average molecular weight is 189 g/mol. The molecule has 0 atom stereocenters. The number of hydrogen-bond acceptors (Lipinski definition) is 4. The molecule has 2 aromatic rings. The van der Waals surface area contributed by atoms with E-state index in [0.29, 0.717) is 5.52 Å². The Balaban J connectivity index is 2.83. The minimum absolute atomic E-state index is 0.0445. The maximum atomic E-state index is 9.42. The van der Waals surface area contributed by atoms with Crippen LogP contribution in [0.15, 0.2) is 30.5 Å². The first kappa shape index (κ1) is 8.99. The molecule has 1 aromatic heterocycles. The molecular weight excluding hydrogens is 181 g/mol. The highest BCUT2D eigenvalue weighted by atomic mass is 16.4. The van der Waals surface area contributed by atoms with Gasteiger partial charge in [0.25, 0.3) is 0 Å². The lowest BCUT2D eigenvalue weighted by atomic mass is 9.78. The van der Waals surface area contributed by atoms with Crippen LogP contribution in [0.25, 0.3) is 10.9 Å². The Morgan fingerprint density at radius 2 is 1.93 bits per heavy atom. The number of rotatable bonds is 1. The largest absolute Gasteiger partial charge is 0.508 e. The zero-order chi connectivity index (χ0) is 10.1. The topological polar surface area (TPSA) is 73.6 Å². The lowest BCUT2D eigenvalue weighted by Crippen LogP contribution is -2.31. The second-order valence-electron chi connectivity index (χ2n) is 2.95. The third kappa shape index (κ3) is 1.32. The summed E-state index contributed by atoms with van der Waals surface area (Å²) >= 11 is 0. The van der Waals surface area contributed by atoms with Crippen molar-refractivity contribution >= 4 is 23.5 Å². The van der Waals surface area contributed by atoms with Gasteiger partial charge >= 0.3 is 7.12 Å². The van der Waals surface area contributed by atoms with E-state index in [1.54, 1.807) is 18.2 Å². The van der Waals surface area contributed by atoms with Crippen LogP contribution in [0, 0.1) is 0 Å². The number of phenols is 1. The van der Waals surface area contributed by atoms with E-state index in [0.717, 1.165) is 5.39 Å². The van der Waals surface area contributed by atoms with E-state index < -0.39 is 7.12 Å². The number of fused-ring (bicyclic) bond motifs is 1. The molecule has 0 radical (unpaired) electrons. The van der Waals surface area contributed by atoms with E-state index in [2.05, 4.69) is 4.98 Å². The Bertz CT molecular complexity index is 473. The number of nitrogens with zero attached hydrogens (tertiary/aromatic N) is 1. The molecule has 14 heavy (non-hydrogen) atoms. The fourth-order valence-corrected chi connectivity index (χ4v) is 1.41. The standard InChI is InChI=1S/C9H8BNO3/c12-7-4-3-6-2-1-5-11-9(6)8(7)10(13)14/h1-5,12-14H. The van der Waals surface area contributed by atoms with E-state index in [1.165, 1.54) is 12.3 Å². The van der Waals surface area contributed by atoms with Crippen LogP contribution >= 0.6 is 0 Å². The second kappa shape index (κ2) is 3.28. The maximum Gasteiger partial charge on any atom is 0.494 e. The summed E-state index contributed by atoms with van der Waals surface area (Å²) in [6, 6.07) is 6.61. The van der Waals surface area contributed by atoms with Crippen molar-refractivity contribution in [3.05, 3.63) is 30.5 Å². The van der Waals surface area contributed by atoms with Gasteiger partial charge in [0.15, 0.2) is 0 Å². The van der Waals surface area contributed by atoms with Crippen LogP contribution in [0.1, 0.15) is 0 Å². The van der Waals surface area contributed by atoms with Gasteiger partial charge in [-0.2, -0.15) is 0 Å². The first-order valence-electron chi connectivity index (χ1n) is 4.13. The fourth-order valence-electron chi connectivity index (χ4n) is 1.41. The first-order chi connectivity index (χ1) is 6.70. The third-order valence-corrected chi connectivity index (χ3v) is 2.05. The third-order valence-electron chi connectivity index (χ3n) is 2.05. The van der Waals surface area contributed by atoms with Gasteiger partial charge in [-0.05, 0) is 18.2 Å². The van der Waals surface area contributed by atoms with E-state index in [9.17, 15) is 5.11 Å². The van der Waals surface area contributed by atoms with Gasteiger partial charge in [0.05, 0.1) is 11.0 Å². The van der Waals surface area contributed by atoms with Crippen LogP contribution in [0.3, 0.4) is 0 Å². The zero-order valence-electron chi connectivity index (χ0n) is 7.25. The van der Waals surface area contributed by atoms with Crippen molar-refractivity contribution in [3.8, 4) is 5.75 Å². The van der Waals surface area contributed by atoms with Crippen LogP contribution in [-0.2, 0) is 0 Å². The summed E-state index contributed by atoms with van der Waals surface area (Å²) < 4.78 is 0. The van der Waals surface area contributed by atoms with Gasteiger partial charge in [0.1, 0.15) is 5.75 Å². The molecule has 3 N–H and O–H groups in total. The van der Waals surface area contributed by atoms with E-state index in [4.69, 9.17) is 10.0 Å². The molecule has 0 fully saturated rings. The van der Waals surface area contributed by atoms with Crippen molar-refractivity contribution in [2.75, 3.05) is 0 Å². The molecule has 5 heteroatoms. The molecule has 0 saturated carbocycles. The fraction of sp³-hybridized carbons (Fsp3) is 0. The molecule has 1 aromatic carbocycles. The number of hydrogen-bond donors (Lipinski definition) is 3. The number of aromatic hydroxyl groups is 1. The second-order valence-corrected chi connectivity index (χ2v) is 2.95. The van der Waals surface area contributed by atoms with Crippen molar-refractivity contribution < 1.29 is 15.2 Å². The summed E-state index contributed by atoms with van der Waals surface area (Å²) in [5.74, 6) is -0.161. The molecule has 0 amide bonds. The monoisotopic (exact) mass is 189 g/mol. The van der Waals surface area contributed by atoms with Crippen LogP contribution in [-0.4, -0.2) is 27.3 Å². The number of aromatic nitrogens is 1. The minimum Gasteiger partial charge on any atom is -0.508 e. The molecular formula is C9H8BNO3. The minimum atomic E-state index is -1.71. The smallest absolute Gasteiger partial charge is 0.494 e. The predicted molar refractivity (Wildman–Crippen MR) is 53.2 cm³/mol. The SMILES string of the molecule is OB(O)c1c(O)ccc2cccnc12. The summed E-state index contributed by atoms with van der Waals surface area (Å²) in [4.78, 5) is 3.98. The maximum absolute atomic E-state index is 9.42. The molecule has 0 saturated heterocycles. The Morgan fingerprint density at radius 1 is 1.14 bits per heavy atom. The molecule has 0 aliphatic heterocycles. The van der Waals surface area contributed by atoms with E-state index in [-0.39, 0.29) is 11.2 Å². The Kier molecular flexibility index (Phi) is 2.11. The van der Waals surface area contributed by atoms with Crippen LogP contribution < -0.4 is 5.46 Å². The van der Waals surface area contributed by atoms with Gasteiger partial charge < -0.3 is 15.2 Å². The van der Waals surface area contributed by atoms with E-state index in [1.807, 2.05) is 0 Å². The highest BCUT2D eigenvalue weighted by Gasteiger charge is 2.19. The van der Waals surface area contributed by atoms with Gasteiger partial charge in [0.2, 0.25) is 0 Å². The van der Waals surface area contributed by atoms with Crippen molar-refractivity contribution in [1.82, 2.24) is 4.98 Å². The van der Waals surface area contributed by atoms with Crippen molar-refractivity contribution in [2.24, 2.45) is 0 Å². The Morgan fingerprint density at radius 3 is 2.64 bits per heavy atom. The van der Waals surface area contributed by atoms with Gasteiger partial charge in [0, 0.05) is 11.6 Å². The molecule has 0 bridgehead atoms. The highest BCUT2D eigenvalue weighted by molar-refractivity contribution is 6.62. The van der Waals surface area contributed by atoms with Gasteiger partial charge in [-0.15, -0.1) is 0 Å². The molecule has 4 nitrogen and oxygen atoms in total. The summed E-state index contributed by atoms with van der Waals surface area (Å²) in [5, 5.41) is 28.3. The van der Waals surface area contributed by atoms with Gasteiger partial charge in [-0.25, -0.2) is 0 Å². The van der Waals surface area contributed by atoms with Crippen molar-refractivity contribution in [1.29, 1.82) is 0 Å². The molecule has 2 rings (SSSR count). The molecule has 0 aliphatic rings. The quantitative estimate of drug-likeness (QED) is 0.534. The normalized spacial score (nSPS) is 10.4. The predicted octanol–water partition coefficient (Wildman–Crippen LogP) is -0.380. The van der Waals surface area contributed by atoms with Crippen LogP contribution in [0.5, 0.6) is 5.75 Å². The van der Waals surface area contributed by atoms with Crippen molar-refractivity contribution in [2.45, 2.75) is 0 Å². The molecule has 0 aliphatic carbocycles. The Labute approximate surface area is 80.6 Å². The summed E-state index contributed by atoms with van der Waals surface area (Å²) in [5.41, 5.74) is 0.450. The first-order valence-corrected chi connectivity index (χ1v) is 4.13. The average Bonchev–Trinajstić information content (AvgIpc) is 2.17. The molecule has 0 unspecified atom stereocenters. The summed E-state index contributed by atoms with van der Waals surface area (Å²) in [6.45, 7) is 0. The Hall–Kier alpha value is -1.59. The summed E-state index contributed by atoms with van der Waals surface area (Å²) in [6.07, 6.45) is 1.54. The van der Waals surface area contributed by atoms with Crippen LogP contribution in [0.4, 0.5) is 0 Å². The number of benzene rings is 1. The lowest BCUT2D eigenvalue weighted by Gasteiger charge is -2.06.